The summed E-state index contributed by atoms with van der Waals surface area (Å²) in [7, 11) is 3.78. The Kier molecular flexibility index (Phi) is 7.70. The van der Waals surface area contributed by atoms with E-state index < -0.39 is 0 Å². The third-order valence-corrected chi connectivity index (χ3v) is 4.91. The lowest BCUT2D eigenvalue weighted by molar-refractivity contribution is 0.726. The summed E-state index contributed by atoms with van der Waals surface area (Å²) < 4.78 is 1.92. The minimum Gasteiger partial charge on any atom is -0.361 e. The predicted molar refractivity (Wildman–Crippen MR) is 123 cm³/mol. The SMILES string of the molecule is CN=C(NCCCc1c[nH]c2ccccc12)NCc1c(C)nn(C)c1C.I. The maximum atomic E-state index is 4.46. The summed E-state index contributed by atoms with van der Waals surface area (Å²) in [4.78, 5) is 7.65. The van der Waals surface area contributed by atoms with Crippen LogP contribution in [-0.4, -0.2) is 34.3 Å². The van der Waals surface area contributed by atoms with Crippen LogP contribution in [0.5, 0.6) is 0 Å². The van der Waals surface area contributed by atoms with E-state index >= 15 is 0 Å². The molecule has 2 aromatic heterocycles. The van der Waals surface area contributed by atoms with E-state index in [2.05, 4.69) is 63.1 Å². The van der Waals surface area contributed by atoms with Gasteiger partial charge < -0.3 is 15.6 Å². The van der Waals surface area contributed by atoms with Gasteiger partial charge in [0, 0.05) is 55.5 Å². The zero-order valence-electron chi connectivity index (χ0n) is 16.5. The molecule has 3 aromatic rings. The van der Waals surface area contributed by atoms with Gasteiger partial charge in [-0.15, -0.1) is 24.0 Å². The molecular formula is C20H29IN6. The largest absolute Gasteiger partial charge is 0.361 e. The molecular weight excluding hydrogens is 451 g/mol. The second-order valence-corrected chi connectivity index (χ2v) is 6.59. The summed E-state index contributed by atoms with van der Waals surface area (Å²) in [5, 5.41) is 12.6. The van der Waals surface area contributed by atoms with Crippen LogP contribution in [0.4, 0.5) is 0 Å². The quantitative estimate of drug-likeness (QED) is 0.219. The highest BCUT2D eigenvalue weighted by Crippen LogP contribution is 2.18. The minimum absolute atomic E-state index is 0. The Bertz CT molecular complexity index is 908. The normalized spacial score (nSPS) is 11.5. The van der Waals surface area contributed by atoms with Crippen molar-refractivity contribution in [2.45, 2.75) is 33.2 Å². The lowest BCUT2D eigenvalue weighted by atomic mass is 10.1. The fourth-order valence-corrected chi connectivity index (χ4v) is 3.29. The van der Waals surface area contributed by atoms with E-state index in [4.69, 9.17) is 0 Å². The number of aromatic amines is 1. The number of hydrogen-bond acceptors (Lipinski definition) is 2. The van der Waals surface area contributed by atoms with Crippen LogP contribution in [0.2, 0.25) is 0 Å². The van der Waals surface area contributed by atoms with Gasteiger partial charge in [0.05, 0.1) is 5.69 Å². The zero-order valence-corrected chi connectivity index (χ0v) is 18.8. The Labute approximate surface area is 177 Å². The van der Waals surface area contributed by atoms with E-state index in [1.165, 1.54) is 27.7 Å². The molecule has 7 heteroatoms. The first-order valence-corrected chi connectivity index (χ1v) is 9.08. The maximum Gasteiger partial charge on any atom is 0.191 e. The average molecular weight is 480 g/mol. The van der Waals surface area contributed by atoms with Crippen molar-refractivity contribution in [3.05, 3.63) is 53.0 Å². The first-order valence-electron chi connectivity index (χ1n) is 9.08. The van der Waals surface area contributed by atoms with Crippen molar-refractivity contribution < 1.29 is 0 Å². The summed E-state index contributed by atoms with van der Waals surface area (Å²) in [5.74, 6) is 0.826. The summed E-state index contributed by atoms with van der Waals surface area (Å²) in [6.45, 7) is 5.74. The van der Waals surface area contributed by atoms with Crippen molar-refractivity contribution in [2.24, 2.45) is 12.0 Å². The summed E-state index contributed by atoms with van der Waals surface area (Å²) >= 11 is 0. The molecule has 0 fully saturated rings. The Hall–Kier alpha value is -2.03. The van der Waals surface area contributed by atoms with Gasteiger partial charge in [0.25, 0.3) is 0 Å². The number of aliphatic imine (C=N–C) groups is 1. The Morgan fingerprint density at radius 3 is 2.70 bits per heavy atom. The molecule has 2 heterocycles. The number of guanidine groups is 1. The van der Waals surface area contributed by atoms with Crippen molar-refractivity contribution in [1.82, 2.24) is 25.4 Å². The molecule has 1 aromatic carbocycles. The molecule has 0 saturated carbocycles. The zero-order chi connectivity index (χ0) is 18.5. The number of para-hydroxylation sites is 1. The molecule has 0 amide bonds. The number of benzene rings is 1. The first-order chi connectivity index (χ1) is 12.6. The standard InChI is InChI=1S/C20H28N6.HI/c1-14-18(15(2)26(4)25-14)13-24-20(21-3)22-11-7-8-16-12-23-19-10-6-5-9-17(16)19;/h5-6,9-10,12,23H,7-8,11,13H2,1-4H3,(H2,21,22,24);1H. The highest BCUT2D eigenvalue weighted by atomic mass is 127. The Balaban J connectivity index is 0.00000261. The van der Waals surface area contributed by atoms with Crippen molar-refractivity contribution in [3.8, 4) is 0 Å². The second kappa shape index (κ2) is 9.77. The number of aromatic nitrogens is 3. The molecule has 27 heavy (non-hydrogen) atoms. The average Bonchev–Trinajstić information content (AvgIpc) is 3.16. The van der Waals surface area contributed by atoms with Crippen LogP contribution >= 0.6 is 24.0 Å². The molecule has 6 nitrogen and oxygen atoms in total. The lowest BCUT2D eigenvalue weighted by Crippen LogP contribution is -2.37. The van der Waals surface area contributed by atoms with Crippen molar-refractivity contribution in [1.29, 1.82) is 0 Å². The number of fused-ring (bicyclic) bond motifs is 1. The summed E-state index contributed by atoms with van der Waals surface area (Å²) in [5.41, 5.74) is 6.05. The van der Waals surface area contributed by atoms with Gasteiger partial charge in [0.2, 0.25) is 0 Å². The van der Waals surface area contributed by atoms with Gasteiger partial charge in [-0.25, -0.2) is 0 Å². The molecule has 0 aliphatic carbocycles. The molecule has 0 saturated heterocycles. The second-order valence-electron chi connectivity index (χ2n) is 6.59. The monoisotopic (exact) mass is 480 g/mol. The van der Waals surface area contributed by atoms with Crippen LogP contribution in [0.3, 0.4) is 0 Å². The van der Waals surface area contributed by atoms with Crippen LogP contribution in [-0.2, 0) is 20.0 Å². The predicted octanol–water partition coefficient (Wildman–Crippen LogP) is 3.43. The molecule has 0 radical (unpaired) electrons. The number of nitrogens with one attached hydrogen (secondary N) is 3. The minimum atomic E-state index is 0. The van der Waals surface area contributed by atoms with E-state index in [0.717, 1.165) is 37.6 Å². The van der Waals surface area contributed by atoms with Crippen LogP contribution in [0.15, 0.2) is 35.5 Å². The summed E-state index contributed by atoms with van der Waals surface area (Å²) in [6.07, 6.45) is 4.20. The fourth-order valence-electron chi connectivity index (χ4n) is 3.29. The smallest absolute Gasteiger partial charge is 0.191 e. The molecule has 3 rings (SSSR count). The lowest BCUT2D eigenvalue weighted by Gasteiger charge is -2.12. The molecule has 0 bridgehead atoms. The van der Waals surface area contributed by atoms with Crippen LogP contribution < -0.4 is 10.6 Å². The van der Waals surface area contributed by atoms with Crippen molar-refractivity contribution in [2.75, 3.05) is 13.6 Å². The number of halogens is 1. The van der Waals surface area contributed by atoms with Gasteiger partial charge in [0.15, 0.2) is 5.96 Å². The molecule has 146 valence electrons. The molecule has 3 N–H and O–H groups in total. The third-order valence-electron chi connectivity index (χ3n) is 4.91. The Morgan fingerprint density at radius 2 is 2.00 bits per heavy atom. The van der Waals surface area contributed by atoms with E-state index in [1.807, 2.05) is 18.7 Å². The van der Waals surface area contributed by atoms with Gasteiger partial charge in [0.1, 0.15) is 0 Å². The van der Waals surface area contributed by atoms with Gasteiger partial charge in [-0.3, -0.25) is 9.67 Å². The number of nitrogens with zero attached hydrogens (tertiary/aromatic N) is 3. The van der Waals surface area contributed by atoms with E-state index in [9.17, 15) is 0 Å². The molecule has 0 unspecified atom stereocenters. The van der Waals surface area contributed by atoms with Crippen LogP contribution in [0.1, 0.15) is 28.9 Å². The van der Waals surface area contributed by atoms with Gasteiger partial charge in [-0.1, -0.05) is 18.2 Å². The molecule has 0 aliphatic rings. The molecule has 0 spiro atoms. The maximum absolute atomic E-state index is 4.46. The number of rotatable bonds is 6. The van der Waals surface area contributed by atoms with Crippen LogP contribution in [0, 0.1) is 13.8 Å². The van der Waals surface area contributed by atoms with E-state index in [1.54, 1.807) is 7.05 Å². The molecule has 0 atom stereocenters. The van der Waals surface area contributed by atoms with Gasteiger partial charge in [-0.05, 0) is 38.3 Å². The third kappa shape index (κ3) is 5.03. The highest BCUT2D eigenvalue weighted by molar-refractivity contribution is 14.0. The number of hydrogen-bond donors (Lipinski definition) is 3. The van der Waals surface area contributed by atoms with Crippen molar-refractivity contribution in [3.63, 3.8) is 0 Å². The van der Waals surface area contributed by atoms with E-state index in [0.29, 0.717) is 0 Å². The summed E-state index contributed by atoms with van der Waals surface area (Å²) in [6, 6.07) is 8.44. The van der Waals surface area contributed by atoms with Gasteiger partial charge in [-0.2, -0.15) is 5.10 Å². The highest BCUT2D eigenvalue weighted by Gasteiger charge is 2.09. The number of H-pyrrole nitrogens is 1. The van der Waals surface area contributed by atoms with Crippen LogP contribution in [0.25, 0.3) is 10.9 Å². The number of aryl methyl sites for hydroxylation is 3. The fraction of sp³-hybridized carbons (Fsp3) is 0.400. The van der Waals surface area contributed by atoms with E-state index in [-0.39, 0.29) is 24.0 Å². The first kappa shape index (κ1) is 21.3. The Morgan fingerprint density at radius 1 is 1.22 bits per heavy atom. The van der Waals surface area contributed by atoms with Gasteiger partial charge >= 0.3 is 0 Å². The van der Waals surface area contributed by atoms with Crippen molar-refractivity contribution >= 4 is 40.8 Å². The molecule has 0 aliphatic heterocycles. The topological polar surface area (TPSA) is 70.0 Å².